The molecule has 8 heteroatoms. The lowest BCUT2D eigenvalue weighted by Gasteiger charge is -2.30. The normalized spacial score (nSPS) is 20.5. The predicted molar refractivity (Wildman–Crippen MR) is 93.4 cm³/mol. The number of carbonyl (C=O) groups is 2. The summed E-state index contributed by atoms with van der Waals surface area (Å²) in [6.45, 7) is 4.14. The summed E-state index contributed by atoms with van der Waals surface area (Å²) in [4.78, 5) is 29.5. The van der Waals surface area contributed by atoms with Gasteiger partial charge in [-0.3, -0.25) is 9.59 Å². The minimum absolute atomic E-state index is 0.0217. The van der Waals surface area contributed by atoms with Gasteiger partial charge in [-0.25, -0.2) is 4.98 Å². The quantitative estimate of drug-likeness (QED) is 0.707. The van der Waals surface area contributed by atoms with E-state index in [0.717, 1.165) is 51.9 Å². The van der Waals surface area contributed by atoms with Crippen molar-refractivity contribution in [2.75, 3.05) is 38.0 Å². The second kappa shape index (κ2) is 8.44. The summed E-state index contributed by atoms with van der Waals surface area (Å²) >= 11 is 0. The number of aliphatic carboxylic acids is 1. The van der Waals surface area contributed by atoms with Crippen LogP contribution >= 0.6 is 0 Å². The molecule has 0 aliphatic carbocycles. The summed E-state index contributed by atoms with van der Waals surface area (Å²) in [7, 11) is 0. The highest BCUT2D eigenvalue weighted by Crippen LogP contribution is 2.22. The Morgan fingerprint density at radius 1 is 1.24 bits per heavy atom. The van der Waals surface area contributed by atoms with Crippen LogP contribution in [0.4, 0.5) is 5.82 Å². The number of likely N-dealkylation sites (tertiary alicyclic amines) is 1. The van der Waals surface area contributed by atoms with Crippen LogP contribution in [-0.4, -0.2) is 64.2 Å². The number of carbonyl (C=O) groups excluding carboxylic acids is 1. The molecule has 1 amide bonds. The molecule has 138 valence electrons. The van der Waals surface area contributed by atoms with Crippen molar-refractivity contribution in [2.24, 2.45) is 5.92 Å². The SMILES string of the molecule is O=C(O)CCN1CCC(C(=O)Nc2cn(C3CCNCC3)cn2)CC1. The molecule has 0 aromatic carbocycles. The summed E-state index contributed by atoms with van der Waals surface area (Å²) in [5.41, 5.74) is 0. The Kier molecular flexibility index (Phi) is 6.04. The molecule has 0 unspecified atom stereocenters. The van der Waals surface area contributed by atoms with Gasteiger partial charge >= 0.3 is 5.97 Å². The number of carboxylic acid groups (broad SMARTS) is 1. The molecular weight excluding hydrogens is 322 g/mol. The number of nitrogens with one attached hydrogen (secondary N) is 2. The van der Waals surface area contributed by atoms with Crippen molar-refractivity contribution in [3.05, 3.63) is 12.5 Å². The van der Waals surface area contributed by atoms with Crippen LogP contribution in [0.15, 0.2) is 12.5 Å². The topological polar surface area (TPSA) is 99.5 Å². The van der Waals surface area contributed by atoms with Crippen molar-refractivity contribution < 1.29 is 14.7 Å². The van der Waals surface area contributed by atoms with Gasteiger partial charge in [-0.05, 0) is 51.9 Å². The van der Waals surface area contributed by atoms with E-state index in [9.17, 15) is 9.59 Å². The summed E-state index contributed by atoms with van der Waals surface area (Å²) in [6, 6.07) is 0.455. The van der Waals surface area contributed by atoms with Gasteiger partial charge in [0.15, 0.2) is 5.82 Å². The number of hydrogen-bond donors (Lipinski definition) is 3. The molecule has 3 rings (SSSR count). The maximum Gasteiger partial charge on any atom is 0.304 e. The van der Waals surface area contributed by atoms with E-state index in [-0.39, 0.29) is 18.2 Å². The molecule has 3 heterocycles. The van der Waals surface area contributed by atoms with Gasteiger partial charge in [-0.1, -0.05) is 0 Å². The van der Waals surface area contributed by atoms with E-state index in [1.54, 1.807) is 6.33 Å². The molecule has 8 nitrogen and oxygen atoms in total. The highest BCUT2D eigenvalue weighted by molar-refractivity contribution is 5.91. The number of imidazole rings is 1. The minimum atomic E-state index is -0.774. The van der Waals surface area contributed by atoms with Gasteiger partial charge in [0, 0.05) is 24.7 Å². The van der Waals surface area contributed by atoms with E-state index in [1.807, 2.05) is 6.20 Å². The van der Waals surface area contributed by atoms with E-state index in [2.05, 4.69) is 25.1 Å². The molecule has 3 N–H and O–H groups in total. The number of nitrogens with zero attached hydrogens (tertiary/aromatic N) is 3. The molecule has 0 bridgehead atoms. The number of hydrogen-bond acceptors (Lipinski definition) is 5. The molecule has 0 saturated carbocycles. The van der Waals surface area contributed by atoms with Crippen LogP contribution in [0.5, 0.6) is 0 Å². The third kappa shape index (κ3) is 5.02. The van der Waals surface area contributed by atoms with E-state index >= 15 is 0 Å². The number of aromatic nitrogens is 2. The molecule has 25 heavy (non-hydrogen) atoms. The summed E-state index contributed by atoms with van der Waals surface area (Å²) in [6.07, 6.45) is 7.58. The van der Waals surface area contributed by atoms with E-state index in [1.165, 1.54) is 0 Å². The number of piperidine rings is 2. The lowest BCUT2D eigenvalue weighted by molar-refractivity contribution is -0.137. The van der Waals surface area contributed by atoms with E-state index < -0.39 is 5.97 Å². The first-order valence-electron chi connectivity index (χ1n) is 9.11. The summed E-state index contributed by atoms with van der Waals surface area (Å²) in [5.74, 6) is -0.153. The van der Waals surface area contributed by atoms with Gasteiger partial charge in [-0.2, -0.15) is 0 Å². The lowest BCUT2D eigenvalue weighted by atomic mass is 9.96. The Bertz CT molecular complexity index is 589. The minimum Gasteiger partial charge on any atom is -0.481 e. The number of amides is 1. The van der Waals surface area contributed by atoms with Crippen molar-refractivity contribution in [3.63, 3.8) is 0 Å². The lowest BCUT2D eigenvalue weighted by Crippen LogP contribution is -2.39. The zero-order chi connectivity index (χ0) is 17.6. The first-order chi connectivity index (χ1) is 12.1. The first-order valence-corrected chi connectivity index (χ1v) is 9.11. The molecule has 1 aromatic heterocycles. The zero-order valence-electron chi connectivity index (χ0n) is 14.5. The monoisotopic (exact) mass is 349 g/mol. The van der Waals surface area contributed by atoms with Gasteiger partial charge in [0.2, 0.25) is 5.91 Å². The first kappa shape index (κ1) is 17.9. The van der Waals surface area contributed by atoms with Crippen LogP contribution in [0.2, 0.25) is 0 Å². The van der Waals surface area contributed by atoms with Crippen molar-refractivity contribution in [1.82, 2.24) is 19.8 Å². The average molecular weight is 349 g/mol. The second-order valence-corrected chi connectivity index (χ2v) is 6.94. The molecule has 2 fully saturated rings. The molecule has 0 spiro atoms. The fraction of sp³-hybridized carbons (Fsp3) is 0.706. The molecule has 2 saturated heterocycles. The predicted octanol–water partition coefficient (Wildman–Crippen LogP) is 0.933. The Balaban J connectivity index is 1.45. The Labute approximate surface area is 147 Å². The van der Waals surface area contributed by atoms with Gasteiger partial charge < -0.3 is 25.2 Å². The highest BCUT2D eigenvalue weighted by Gasteiger charge is 2.25. The van der Waals surface area contributed by atoms with Gasteiger partial charge in [0.05, 0.1) is 12.7 Å². The third-order valence-corrected chi connectivity index (χ3v) is 5.18. The number of rotatable bonds is 6. The molecule has 0 atom stereocenters. The zero-order valence-corrected chi connectivity index (χ0v) is 14.5. The van der Waals surface area contributed by atoms with Gasteiger partial charge in [0.1, 0.15) is 0 Å². The van der Waals surface area contributed by atoms with Crippen LogP contribution in [0.3, 0.4) is 0 Å². The maximum absolute atomic E-state index is 12.4. The van der Waals surface area contributed by atoms with Crippen molar-refractivity contribution in [2.45, 2.75) is 38.1 Å². The maximum atomic E-state index is 12.4. The smallest absolute Gasteiger partial charge is 0.304 e. The largest absolute Gasteiger partial charge is 0.481 e. The molecule has 1 aromatic rings. The van der Waals surface area contributed by atoms with Crippen LogP contribution in [-0.2, 0) is 9.59 Å². The standard InChI is InChI=1S/C17H27N5O3/c23-16(24)5-10-21-8-3-13(4-9-21)17(25)20-15-11-22(12-19-15)14-1-6-18-7-2-14/h11-14,18H,1-10H2,(H,20,25)(H,23,24). The summed E-state index contributed by atoms with van der Waals surface area (Å²) in [5, 5.41) is 15.0. The third-order valence-electron chi connectivity index (χ3n) is 5.18. The van der Waals surface area contributed by atoms with Crippen molar-refractivity contribution >= 4 is 17.7 Å². The van der Waals surface area contributed by atoms with Crippen LogP contribution in [0.25, 0.3) is 0 Å². The second-order valence-electron chi connectivity index (χ2n) is 6.94. The van der Waals surface area contributed by atoms with Gasteiger partial charge in [0.25, 0.3) is 0 Å². The van der Waals surface area contributed by atoms with Crippen molar-refractivity contribution in [1.29, 1.82) is 0 Å². The molecular formula is C17H27N5O3. The molecule has 2 aliphatic rings. The fourth-order valence-corrected chi connectivity index (χ4v) is 3.61. The van der Waals surface area contributed by atoms with E-state index in [0.29, 0.717) is 18.4 Å². The van der Waals surface area contributed by atoms with Crippen LogP contribution in [0.1, 0.15) is 38.1 Å². The van der Waals surface area contributed by atoms with E-state index in [4.69, 9.17) is 5.11 Å². The van der Waals surface area contributed by atoms with Crippen LogP contribution < -0.4 is 10.6 Å². The van der Waals surface area contributed by atoms with Gasteiger partial charge in [-0.15, -0.1) is 0 Å². The highest BCUT2D eigenvalue weighted by atomic mass is 16.4. The Morgan fingerprint density at radius 2 is 1.96 bits per heavy atom. The number of anilines is 1. The van der Waals surface area contributed by atoms with Crippen molar-refractivity contribution in [3.8, 4) is 0 Å². The summed E-state index contributed by atoms with van der Waals surface area (Å²) < 4.78 is 2.10. The molecule has 2 aliphatic heterocycles. The Hall–Kier alpha value is -1.93. The van der Waals surface area contributed by atoms with Crippen LogP contribution in [0, 0.1) is 5.92 Å². The number of carboxylic acids is 1. The fourth-order valence-electron chi connectivity index (χ4n) is 3.61. The molecule has 0 radical (unpaired) electrons. The Morgan fingerprint density at radius 3 is 2.64 bits per heavy atom. The average Bonchev–Trinajstić information content (AvgIpc) is 3.09.